The average molecular weight is 367 g/mol. The first kappa shape index (κ1) is 17.4. The highest BCUT2D eigenvalue weighted by molar-refractivity contribution is 6.05. The molecule has 4 rings (SSSR count). The van der Waals surface area contributed by atoms with E-state index in [-0.39, 0.29) is 5.96 Å². The monoisotopic (exact) mass is 367 g/mol. The average Bonchev–Trinajstić information content (AvgIpc) is 3.06. The maximum absolute atomic E-state index is 6.26. The summed E-state index contributed by atoms with van der Waals surface area (Å²) in [5.74, 6) is 1.45. The Labute approximate surface area is 158 Å². The number of aromatic nitrogens is 2. The summed E-state index contributed by atoms with van der Waals surface area (Å²) in [4.78, 5) is 10.9. The van der Waals surface area contributed by atoms with Crippen molar-refractivity contribution in [1.82, 2.24) is 9.78 Å². The summed E-state index contributed by atoms with van der Waals surface area (Å²) in [6, 6.07) is 9.81. The van der Waals surface area contributed by atoms with Crippen LogP contribution in [0.5, 0.6) is 5.75 Å². The third-order valence-electron chi connectivity index (χ3n) is 5.26. The summed E-state index contributed by atoms with van der Waals surface area (Å²) in [6.45, 7) is 0.466. The van der Waals surface area contributed by atoms with Gasteiger partial charge >= 0.3 is 0 Å². The van der Waals surface area contributed by atoms with Gasteiger partial charge in [0.05, 0.1) is 5.69 Å². The number of hydrogen-bond acceptors (Lipinski definition) is 7. The van der Waals surface area contributed by atoms with Gasteiger partial charge in [0.15, 0.2) is 0 Å². The van der Waals surface area contributed by atoms with E-state index in [2.05, 4.69) is 10.1 Å². The van der Waals surface area contributed by atoms with E-state index in [1.54, 1.807) is 10.9 Å². The molecule has 0 bridgehead atoms. The maximum Gasteiger partial charge on any atom is 0.220 e. The molecule has 27 heavy (non-hydrogen) atoms. The van der Waals surface area contributed by atoms with E-state index >= 15 is 0 Å². The lowest BCUT2D eigenvalue weighted by Gasteiger charge is -2.45. The van der Waals surface area contributed by atoms with Crippen molar-refractivity contribution in [2.75, 3.05) is 4.90 Å². The smallest absolute Gasteiger partial charge is 0.220 e. The van der Waals surface area contributed by atoms with Gasteiger partial charge in [0.25, 0.3) is 0 Å². The Morgan fingerprint density at radius 2 is 1.81 bits per heavy atom. The second-order valence-corrected chi connectivity index (χ2v) is 7.05. The van der Waals surface area contributed by atoms with Gasteiger partial charge in [0.1, 0.15) is 18.0 Å². The van der Waals surface area contributed by atoms with E-state index in [9.17, 15) is 0 Å². The van der Waals surface area contributed by atoms with Crippen molar-refractivity contribution >= 4 is 17.6 Å². The summed E-state index contributed by atoms with van der Waals surface area (Å²) >= 11 is 0. The molecule has 2 aliphatic rings. The second-order valence-electron chi connectivity index (χ2n) is 7.05. The molecule has 1 fully saturated rings. The van der Waals surface area contributed by atoms with Crippen LogP contribution < -0.4 is 21.1 Å². The molecule has 0 radical (unpaired) electrons. The minimum absolute atomic E-state index is 0.266. The van der Waals surface area contributed by atoms with Crippen molar-refractivity contribution in [3.8, 4) is 5.75 Å². The van der Waals surface area contributed by atoms with E-state index in [4.69, 9.17) is 21.2 Å². The number of hydrogen-bond donors (Lipinski definition) is 2. The highest BCUT2D eigenvalue weighted by Gasteiger charge is 2.42. The van der Waals surface area contributed by atoms with Crippen LogP contribution in [0, 0.1) is 0 Å². The fourth-order valence-corrected chi connectivity index (χ4v) is 3.89. The fourth-order valence-electron chi connectivity index (χ4n) is 3.89. The van der Waals surface area contributed by atoms with Crippen LogP contribution in [0.15, 0.2) is 46.5 Å². The molecule has 0 saturated heterocycles. The molecular weight excluding hydrogens is 342 g/mol. The summed E-state index contributed by atoms with van der Waals surface area (Å²) in [5.41, 5.74) is 13.7. The maximum atomic E-state index is 6.26. The van der Waals surface area contributed by atoms with Crippen LogP contribution in [-0.2, 0) is 13.7 Å². The van der Waals surface area contributed by atoms with Crippen molar-refractivity contribution in [3.05, 3.63) is 42.2 Å². The Bertz CT molecular complexity index is 862. The second kappa shape index (κ2) is 6.94. The molecule has 142 valence electrons. The highest BCUT2D eigenvalue weighted by atomic mass is 16.5. The molecule has 2 heterocycles. The van der Waals surface area contributed by atoms with Gasteiger partial charge in [0, 0.05) is 18.9 Å². The Kier molecular flexibility index (Phi) is 4.47. The molecule has 1 aromatic carbocycles. The Hall–Kier alpha value is -3.03. The van der Waals surface area contributed by atoms with Crippen molar-refractivity contribution < 1.29 is 4.74 Å². The molecule has 0 unspecified atom stereocenters. The quantitative estimate of drug-likeness (QED) is 0.861. The molecule has 1 aliphatic heterocycles. The molecule has 1 saturated carbocycles. The highest BCUT2D eigenvalue weighted by Crippen LogP contribution is 2.39. The van der Waals surface area contributed by atoms with Gasteiger partial charge in [-0.1, -0.05) is 6.42 Å². The molecule has 1 spiro atoms. The lowest BCUT2D eigenvalue weighted by Crippen LogP contribution is -2.58. The minimum Gasteiger partial charge on any atom is -0.487 e. The number of aryl methyl sites for hydroxylation is 1. The predicted octanol–water partition coefficient (Wildman–Crippen LogP) is 2.11. The van der Waals surface area contributed by atoms with E-state index in [1.165, 1.54) is 6.42 Å². The first-order valence-corrected chi connectivity index (χ1v) is 9.27. The van der Waals surface area contributed by atoms with Crippen LogP contribution in [-0.4, -0.2) is 27.4 Å². The zero-order valence-corrected chi connectivity index (χ0v) is 15.5. The van der Waals surface area contributed by atoms with Gasteiger partial charge in [-0.15, -0.1) is 0 Å². The normalized spacial score (nSPS) is 18.9. The van der Waals surface area contributed by atoms with Crippen LogP contribution >= 0.6 is 0 Å². The molecule has 0 atom stereocenters. The van der Waals surface area contributed by atoms with Crippen molar-refractivity contribution in [2.45, 2.75) is 44.4 Å². The molecule has 1 aliphatic carbocycles. The van der Waals surface area contributed by atoms with E-state index in [0.29, 0.717) is 12.6 Å². The van der Waals surface area contributed by atoms with E-state index < -0.39 is 5.66 Å². The molecular formula is C19H25N7O. The lowest BCUT2D eigenvalue weighted by atomic mass is 9.87. The standard InChI is InChI=1S/C19H25N7O/c1-25-15(9-12-22-25)13-27-16-7-5-14(6-8-16)26-18(21)23-17(20)24-19(26)10-3-2-4-11-19/h5-9,12H,2-4,10-11,13H2,1H3,(H4,20,21,23,24). The fraction of sp³-hybridized carbons (Fsp3) is 0.421. The number of ether oxygens (including phenoxy) is 1. The van der Waals surface area contributed by atoms with Gasteiger partial charge in [-0.3, -0.25) is 9.58 Å². The minimum atomic E-state index is -0.425. The van der Waals surface area contributed by atoms with Crippen molar-refractivity contribution in [1.29, 1.82) is 0 Å². The van der Waals surface area contributed by atoms with Gasteiger partial charge in [-0.25, -0.2) is 4.99 Å². The summed E-state index contributed by atoms with van der Waals surface area (Å²) in [5, 5.41) is 4.15. The number of guanidine groups is 2. The predicted molar refractivity (Wildman–Crippen MR) is 106 cm³/mol. The van der Waals surface area contributed by atoms with Gasteiger partial charge in [-0.2, -0.15) is 10.1 Å². The van der Waals surface area contributed by atoms with Gasteiger partial charge in [-0.05, 0) is 56.0 Å². The first-order valence-electron chi connectivity index (χ1n) is 9.27. The molecule has 8 nitrogen and oxygen atoms in total. The Balaban J connectivity index is 1.55. The lowest BCUT2D eigenvalue weighted by molar-refractivity contribution is 0.294. The topological polar surface area (TPSA) is 107 Å². The van der Waals surface area contributed by atoms with Crippen LogP contribution in [0.4, 0.5) is 5.69 Å². The van der Waals surface area contributed by atoms with Crippen LogP contribution in [0.2, 0.25) is 0 Å². The van der Waals surface area contributed by atoms with Crippen molar-refractivity contribution in [3.63, 3.8) is 0 Å². The molecule has 8 heteroatoms. The van der Waals surface area contributed by atoms with Crippen LogP contribution in [0.3, 0.4) is 0 Å². The molecule has 0 amide bonds. The van der Waals surface area contributed by atoms with Crippen LogP contribution in [0.1, 0.15) is 37.8 Å². The van der Waals surface area contributed by atoms with E-state index in [0.717, 1.165) is 42.8 Å². The van der Waals surface area contributed by atoms with Gasteiger partial charge < -0.3 is 16.2 Å². The van der Waals surface area contributed by atoms with Crippen LogP contribution in [0.25, 0.3) is 0 Å². The molecule has 2 aromatic rings. The van der Waals surface area contributed by atoms with E-state index in [1.807, 2.05) is 42.3 Å². The summed E-state index contributed by atoms with van der Waals surface area (Å²) in [7, 11) is 1.90. The zero-order valence-electron chi connectivity index (χ0n) is 15.5. The largest absolute Gasteiger partial charge is 0.487 e. The number of nitrogens with zero attached hydrogens (tertiary/aromatic N) is 5. The molecule has 1 aromatic heterocycles. The summed E-state index contributed by atoms with van der Waals surface area (Å²) < 4.78 is 7.67. The first-order chi connectivity index (χ1) is 13.1. The third-order valence-corrected chi connectivity index (χ3v) is 5.26. The number of aliphatic imine (C=N–C) groups is 2. The Morgan fingerprint density at radius 1 is 1.07 bits per heavy atom. The Morgan fingerprint density at radius 3 is 2.48 bits per heavy atom. The number of nitrogens with two attached hydrogens (primary N) is 2. The summed E-state index contributed by atoms with van der Waals surface area (Å²) in [6.07, 6.45) is 7.02. The SMILES string of the molecule is Cn1nccc1COc1ccc(N2C(N)=NC(N)=NC23CCCCC3)cc1. The zero-order chi connectivity index (χ0) is 18.9. The third kappa shape index (κ3) is 3.34. The molecule has 4 N–H and O–H groups in total. The van der Waals surface area contributed by atoms with Gasteiger partial charge in [0.2, 0.25) is 11.9 Å². The number of anilines is 1. The van der Waals surface area contributed by atoms with Crippen molar-refractivity contribution in [2.24, 2.45) is 28.5 Å². The number of rotatable bonds is 4. The number of benzene rings is 1.